The minimum Gasteiger partial charge on any atom is -0.493 e. The Kier molecular flexibility index (Phi) is 7.79. The number of carbonyl (C=O) groups excluding carboxylic acids is 3. The lowest BCUT2D eigenvalue weighted by molar-refractivity contribution is -0.143. The number of nitrogens with one attached hydrogen (secondary N) is 3. The largest absolute Gasteiger partial charge is 0.493 e. The number of carbonyl (C=O) groups is 3. The van der Waals surface area contributed by atoms with Gasteiger partial charge in [-0.15, -0.1) is 0 Å². The van der Waals surface area contributed by atoms with Crippen LogP contribution in [0.3, 0.4) is 0 Å². The van der Waals surface area contributed by atoms with E-state index in [1.165, 1.54) is 14.2 Å². The first-order valence-electron chi connectivity index (χ1n) is 9.97. The molecule has 0 aromatic heterocycles. The summed E-state index contributed by atoms with van der Waals surface area (Å²) in [4.78, 5) is 37.0. The number of hydrogen-bond acceptors (Lipinski definition) is 6. The number of hydrogen-bond donors (Lipinski definition) is 3. The van der Waals surface area contributed by atoms with Gasteiger partial charge in [-0.2, -0.15) is 0 Å². The van der Waals surface area contributed by atoms with Gasteiger partial charge in [0.2, 0.25) is 0 Å². The molecule has 1 heterocycles. The summed E-state index contributed by atoms with van der Waals surface area (Å²) in [6.45, 7) is 3.29. The molecule has 3 N–H and O–H groups in total. The molecule has 0 bridgehead atoms. The summed E-state index contributed by atoms with van der Waals surface area (Å²) in [6.07, 6.45) is 0. The number of halogens is 1. The molecular formula is C23H24IN3O6. The maximum atomic E-state index is 13.3. The number of aryl methyl sites for hydroxylation is 1. The van der Waals surface area contributed by atoms with E-state index in [1.807, 2.05) is 53.8 Å². The fourth-order valence-electron chi connectivity index (χ4n) is 3.38. The quantitative estimate of drug-likeness (QED) is 0.350. The van der Waals surface area contributed by atoms with Gasteiger partial charge in [-0.3, -0.25) is 4.79 Å². The highest BCUT2D eigenvalue weighted by molar-refractivity contribution is 14.1. The molecule has 1 unspecified atom stereocenters. The van der Waals surface area contributed by atoms with Gasteiger partial charge in [-0.1, -0.05) is 18.2 Å². The Balaban J connectivity index is 1.98. The minimum atomic E-state index is -0.736. The molecule has 2 aromatic carbocycles. The number of para-hydroxylation sites is 1. The zero-order valence-electron chi connectivity index (χ0n) is 18.6. The van der Waals surface area contributed by atoms with Crippen molar-refractivity contribution in [3.05, 3.63) is 62.4 Å². The Morgan fingerprint density at radius 1 is 1.15 bits per heavy atom. The van der Waals surface area contributed by atoms with Gasteiger partial charge in [0, 0.05) is 11.4 Å². The first kappa shape index (κ1) is 24.4. The van der Waals surface area contributed by atoms with E-state index in [9.17, 15) is 14.4 Å². The van der Waals surface area contributed by atoms with Crippen LogP contribution in [0.1, 0.15) is 24.1 Å². The molecule has 1 atom stereocenters. The highest BCUT2D eigenvalue weighted by atomic mass is 127. The van der Waals surface area contributed by atoms with E-state index in [4.69, 9.17) is 9.47 Å². The van der Waals surface area contributed by atoms with Crippen molar-refractivity contribution < 1.29 is 28.6 Å². The molecule has 33 heavy (non-hydrogen) atoms. The van der Waals surface area contributed by atoms with Crippen LogP contribution in [-0.4, -0.2) is 38.7 Å². The van der Waals surface area contributed by atoms with Gasteiger partial charge in [0.05, 0.1) is 29.4 Å². The molecule has 0 saturated carbocycles. The molecule has 1 aliphatic rings. The first-order valence-corrected chi connectivity index (χ1v) is 11.0. The second kappa shape index (κ2) is 10.6. The Hall–Kier alpha value is -3.28. The smallest absolute Gasteiger partial charge is 0.343 e. The number of rotatable bonds is 7. The van der Waals surface area contributed by atoms with Gasteiger partial charge in [0.25, 0.3) is 5.91 Å². The van der Waals surface area contributed by atoms with Crippen molar-refractivity contribution in [1.29, 1.82) is 0 Å². The van der Waals surface area contributed by atoms with Crippen LogP contribution in [0, 0.1) is 10.5 Å². The third kappa shape index (κ3) is 5.56. The van der Waals surface area contributed by atoms with Crippen molar-refractivity contribution >= 4 is 46.2 Å². The summed E-state index contributed by atoms with van der Waals surface area (Å²) < 4.78 is 16.3. The van der Waals surface area contributed by atoms with Gasteiger partial charge >= 0.3 is 12.0 Å². The van der Waals surface area contributed by atoms with Crippen molar-refractivity contribution in [2.75, 3.05) is 26.1 Å². The number of ether oxygens (including phenoxy) is 3. The number of methoxy groups -OCH3 is 2. The molecule has 1 aliphatic heterocycles. The Bertz CT molecular complexity index is 1130. The fraction of sp³-hybridized carbons (Fsp3) is 0.261. The molecule has 2 aromatic rings. The van der Waals surface area contributed by atoms with Gasteiger partial charge < -0.3 is 30.2 Å². The molecule has 0 spiro atoms. The fourth-order valence-corrected chi connectivity index (χ4v) is 4.17. The van der Waals surface area contributed by atoms with E-state index in [2.05, 4.69) is 20.7 Å². The Labute approximate surface area is 205 Å². The minimum absolute atomic E-state index is 0.282. The summed E-state index contributed by atoms with van der Waals surface area (Å²) >= 11 is 2.05. The molecular weight excluding hydrogens is 541 g/mol. The van der Waals surface area contributed by atoms with E-state index < -0.39 is 18.0 Å². The summed E-state index contributed by atoms with van der Waals surface area (Å²) in [5, 5.41) is 8.39. The third-order valence-corrected chi connectivity index (χ3v) is 5.86. The summed E-state index contributed by atoms with van der Waals surface area (Å²) in [7, 11) is 2.74. The number of allylic oxidation sites excluding steroid dienone is 1. The van der Waals surface area contributed by atoms with E-state index >= 15 is 0 Å². The molecule has 0 radical (unpaired) electrons. The van der Waals surface area contributed by atoms with E-state index in [1.54, 1.807) is 19.1 Å². The predicted molar refractivity (Wildman–Crippen MR) is 130 cm³/mol. The number of esters is 1. The standard InChI is InChI=1S/C23H24IN3O6/c1-12-7-5-6-8-16(12)26-22(29)19-13(2)25-23(30)27-20(19)14-9-15(24)21(17(10-14)31-3)33-11-18(28)32-4/h5-10,20H,11H2,1-4H3,(H,26,29)(H2,25,27,30). The predicted octanol–water partition coefficient (Wildman–Crippen LogP) is 3.43. The number of urea groups is 1. The Morgan fingerprint density at radius 2 is 1.88 bits per heavy atom. The second-order valence-corrected chi connectivity index (χ2v) is 8.40. The third-order valence-electron chi connectivity index (χ3n) is 5.05. The molecule has 3 rings (SSSR count). The summed E-state index contributed by atoms with van der Waals surface area (Å²) in [5.41, 5.74) is 3.01. The molecule has 0 aliphatic carbocycles. The van der Waals surface area contributed by atoms with Crippen molar-refractivity contribution in [2.24, 2.45) is 0 Å². The van der Waals surface area contributed by atoms with Gasteiger partial charge in [0.1, 0.15) is 0 Å². The number of benzene rings is 2. The topological polar surface area (TPSA) is 115 Å². The van der Waals surface area contributed by atoms with Gasteiger partial charge in [-0.25, -0.2) is 9.59 Å². The summed E-state index contributed by atoms with van der Waals surface area (Å²) in [6, 6.07) is 9.70. The van der Waals surface area contributed by atoms with Crippen molar-refractivity contribution in [3.63, 3.8) is 0 Å². The van der Waals surface area contributed by atoms with E-state index in [0.717, 1.165) is 5.56 Å². The van der Waals surface area contributed by atoms with E-state index in [0.29, 0.717) is 37.6 Å². The molecule has 9 nitrogen and oxygen atoms in total. The van der Waals surface area contributed by atoms with Crippen LogP contribution < -0.4 is 25.4 Å². The zero-order chi connectivity index (χ0) is 24.1. The van der Waals surface area contributed by atoms with Crippen LogP contribution in [0.25, 0.3) is 0 Å². The molecule has 0 fully saturated rings. The van der Waals surface area contributed by atoms with Gasteiger partial charge in [0.15, 0.2) is 18.1 Å². The van der Waals surface area contributed by atoms with Crippen LogP contribution in [0.2, 0.25) is 0 Å². The molecule has 0 saturated heterocycles. The van der Waals surface area contributed by atoms with Crippen LogP contribution in [-0.2, 0) is 14.3 Å². The van der Waals surface area contributed by atoms with E-state index in [-0.39, 0.29) is 12.5 Å². The van der Waals surface area contributed by atoms with Crippen molar-refractivity contribution in [3.8, 4) is 11.5 Å². The lowest BCUT2D eigenvalue weighted by Gasteiger charge is -2.29. The maximum Gasteiger partial charge on any atom is 0.343 e. The highest BCUT2D eigenvalue weighted by Crippen LogP contribution is 2.38. The van der Waals surface area contributed by atoms with Crippen LogP contribution in [0.4, 0.5) is 10.5 Å². The Morgan fingerprint density at radius 3 is 2.55 bits per heavy atom. The van der Waals surface area contributed by atoms with Crippen LogP contribution in [0.15, 0.2) is 47.7 Å². The summed E-state index contributed by atoms with van der Waals surface area (Å²) in [5.74, 6) is -0.167. The van der Waals surface area contributed by atoms with Crippen LogP contribution in [0.5, 0.6) is 11.5 Å². The average Bonchev–Trinajstić information content (AvgIpc) is 2.78. The average molecular weight is 565 g/mol. The normalized spacial score (nSPS) is 15.3. The van der Waals surface area contributed by atoms with Crippen LogP contribution >= 0.6 is 22.6 Å². The lowest BCUT2D eigenvalue weighted by Crippen LogP contribution is -2.46. The zero-order valence-corrected chi connectivity index (χ0v) is 20.7. The van der Waals surface area contributed by atoms with Crippen molar-refractivity contribution in [1.82, 2.24) is 10.6 Å². The second-order valence-electron chi connectivity index (χ2n) is 7.24. The SMILES string of the molecule is COC(=O)COc1c(I)cc(C2NC(=O)NC(C)=C2C(=O)Nc2ccccc2C)cc1OC. The monoisotopic (exact) mass is 565 g/mol. The van der Waals surface area contributed by atoms with Gasteiger partial charge in [-0.05, 0) is 65.8 Å². The molecule has 3 amide bonds. The number of anilines is 1. The van der Waals surface area contributed by atoms with Crippen molar-refractivity contribution in [2.45, 2.75) is 19.9 Å². The number of amides is 3. The molecule has 10 heteroatoms. The maximum absolute atomic E-state index is 13.3. The first-order chi connectivity index (χ1) is 15.7. The highest BCUT2D eigenvalue weighted by Gasteiger charge is 2.32. The lowest BCUT2D eigenvalue weighted by atomic mass is 9.94. The molecule has 174 valence electrons.